The highest BCUT2D eigenvalue weighted by molar-refractivity contribution is 5.71. The zero-order chi connectivity index (χ0) is 17.5. The number of allylic oxidation sites excluding steroid dienone is 3. The SMILES string of the molecule is CCC(C)C1=C(CCCC=CF)N(C(=O)OC(C)(C)C)CCC1. The number of amides is 1. The maximum Gasteiger partial charge on any atom is 0.414 e. The molecule has 0 aromatic rings. The number of hydrogen-bond acceptors (Lipinski definition) is 2. The highest BCUT2D eigenvalue weighted by Crippen LogP contribution is 2.33. The Hall–Kier alpha value is -1.32. The monoisotopic (exact) mass is 325 g/mol. The molecule has 1 aliphatic rings. The standard InChI is InChI=1S/C19H32FNO2/c1-6-15(2)16-11-10-14-21(18(22)23-19(3,4)5)17(16)12-8-7-9-13-20/h9,13,15H,6-8,10-12,14H2,1-5H3. The molecule has 0 aliphatic carbocycles. The van der Waals surface area contributed by atoms with E-state index in [0.29, 0.717) is 25.2 Å². The normalized spacial score (nSPS) is 17.7. The zero-order valence-electron chi connectivity index (χ0n) is 15.3. The lowest BCUT2D eigenvalue weighted by atomic mass is 9.88. The highest BCUT2D eigenvalue weighted by atomic mass is 19.1. The first-order chi connectivity index (χ1) is 10.8. The molecule has 23 heavy (non-hydrogen) atoms. The van der Waals surface area contributed by atoms with Gasteiger partial charge in [0.05, 0.1) is 6.33 Å². The predicted molar refractivity (Wildman–Crippen MR) is 92.8 cm³/mol. The van der Waals surface area contributed by atoms with E-state index in [0.717, 1.165) is 37.8 Å². The predicted octanol–water partition coefficient (Wildman–Crippen LogP) is 5.97. The second-order valence-electron chi connectivity index (χ2n) is 7.27. The number of carbonyl (C=O) groups excluding carboxylic acids is 1. The summed E-state index contributed by atoms with van der Waals surface area (Å²) in [5.74, 6) is 0.465. The first-order valence-corrected chi connectivity index (χ1v) is 8.77. The van der Waals surface area contributed by atoms with Gasteiger partial charge in [-0.2, -0.15) is 0 Å². The molecule has 132 valence electrons. The minimum atomic E-state index is -0.493. The highest BCUT2D eigenvalue weighted by Gasteiger charge is 2.29. The lowest BCUT2D eigenvalue weighted by molar-refractivity contribution is 0.0290. The van der Waals surface area contributed by atoms with E-state index in [2.05, 4.69) is 13.8 Å². The molecule has 0 spiro atoms. The number of nitrogens with zero attached hydrogens (tertiary/aromatic N) is 1. The van der Waals surface area contributed by atoms with Gasteiger partial charge in [-0.25, -0.2) is 9.18 Å². The average molecular weight is 325 g/mol. The van der Waals surface area contributed by atoms with Crippen molar-refractivity contribution in [2.75, 3.05) is 6.54 Å². The van der Waals surface area contributed by atoms with Crippen molar-refractivity contribution in [1.82, 2.24) is 4.90 Å². The van der Waals surface area contributed by atoms with Crippen LogP contribution in [-0.4, -0.2) is 23.1 Å². The minimum absolute atomic E-state index is 0.256. The van der Waals surface area contributed by atoms with Gasteiger partial charge in [0.15, 0.2) is 0 Å². The largest absolute Gasteiger partial charge is 0.443 e. The van der Waals surface area contributed by atoms with Gasteiger partial charge in [-0.15, -0.1) is 0 Å². The van der Waals surface area contributed by atoms with Gasteiger partial charge in [-0.1, -0.05) is 19.9 Å². The van der Waals surface area contributed by atoms with Gasteiger partial charge in [0.1, 0.15) is 5.60 Å². The Balaban J connectivity index is 2.98. The maximum atomic E-state index is 12.6. The number of carbonyl (C=O) groups is 1. The zero-order valence-corrected chi connectivity index (χ0v) is 15.3. The summed E-state index contributed by atoms with van der Waals surface area (Å²) in [6.07, 6.45) is 7.28. The van der Waals surface area contributed by atoms with Crippen molar-refractivity contribution in [3.05, 3.63) is 23.7 Å². The van der Waals surface area contributed by atoms with Gasteiger partial charge in [0.2, 0.25) is 0 Å². The van der Waals surface area contributed by atoms with E-state index in [-0.39, 0.29) is 6.09 Å². The Morgan fingerprint density at radius 1 is 1.43 bits per heavy atom. The van der Waals surface area contributed by atoms with Gasteiger partial charge in [-0.05, 0) is 70.8 Å². The number of halogens is 1. The van der Waals surface area contributed by atoms with Crippen LogP contribution in [0, 0.1) is 5.92 Å². The van der Waals surface area contributed by atoms with E-state index >= 15 is 0 Å². The second kappa shape index (κ2) is 9.09. The topological polar surface area (TPSA) is 29.5 Å². The van der Waals surface area contributed by atoms with Crippen LogP contribution in [0.4, 0.5) is 9.18 Å². The molecule has 1 amide bonds. The minimum Gasteiger partial charge on any atom is -0.443 e. The van der Waals surface area contributed by atoms with Crippen LogP contribution in [0.15, 0.2) is 23.7 Å². The summed E-state index contributed by atoms with van der Waals surface area (Å²) in [5, 5.41) is 0. The fourth-order valence-electron chi connectivity index (χ4n) is 2.92. The molecule has 1 atom stereocenters. The Bertz CT molecular complexity index is 449. The van der Waals surface area contributed by atoms with Crippen LogP contribution in [-0.2, 0) is 4.74 Å². The number of rotatable bonds is 6. The fraction of sp³-hybridized carbons (Fsp3) is 0.737. The van der Waals surface area contributed by atoms with E-state index in [9.17, 15) is 9.18 Å². The van der Waals surface area contributed by atoms with Crippen LogP contribution in [0.3, 0.4) is 0 Å². The molecule has 0 saturated heterocycles. The van der Waals surface area contributed by atoms with Crippen LogP contribution in [0.2, 0.25) is 0 Å². The second-order valence-corrected chi connectivity index (χ2v) is 7.27. The Morgan fingerprint density at radius 3 is 2.70 bits per heavy atom. The molecule has 1 rings (SSSR count). The van der Waals surface area contributed by atoms with E-state index in [1.54, 1.807) is 0 Å². The Morgan fingerprint density at radius 2 is 2.13 bits per heavy atom. The first kappa shape index (κ1) is 19.7. The molecule has 0 bridgehead atoms. The number of hydrogen-bond donors (Lipinski definition) is 0. The van der Waals surface area contributed by atoms with Crippen LogP contribution >= 0.6 is 0 Å². The van der Waals surface area contributed by atoms with Crippen LogP contribution in [0.1, 0.15) is 73.1 Å². The summed E-state index contributed by atoms with van der Waals surface area (Å²) < 4.78 is 17.7. The van der Waals surface area contributed by atoms with E-state index in [4.69, 9.17) is 4.74 Å². The molecule has 0 aromatic carbocycles. The molecule has 0 aromatic heterocycles. The number of ether oxygens (including phenoxy) is 1. The molecule has 0 radical (unpaired) electrons. The molecule has 0 saturated carbocycles. The third kappa shape index (κ3) is 6.36. The first-order valence-electron chi connectivity index (χ1n) is 8.77. The maximum absolute atomic E-state index is 12.6. The Labute approximate surface area is 140 Å². The number of unbranched alkanes of at least 4 members (excludes halogenated alkanes) is 1. The van der Waals surface area contributed by atoms with Gasteiger partial charge in [0.25, 0.3) is 0 Å². The summed E-state index contributed by atoms with van der Waals surface area (Å²) in [6, 6.07) is 0. The van der Waals surface area contributed by atoms with Crippen molar-refractivity contribution in [3.8, 4) is 0 Å². The summed E-state index contributed by atoms with van der Waals surface area (Å²) in [7, 11) is 0. The van der Waals surface area contributed by atoms with Crippen molar-refractivity contribution >= 4 is 6.09 Å². The lowest BCUT2D eigenvalue weighted by Crippen LogP contribution is -2.39. The van der Waals surface area contributed by atoms with Crippen molar-refractivity contribution < 1.29 is 13.9 Å². The molecule has 0 fully saturated rings. The van der Waals surface area contributed by atoms with Gasteiger partial charge >= 0.3 is 6.09 Å². The Kier molecular flexibility index (Phi) is 7.80. The van der Waals surface area contributed by atoms with Crippen LogP contribution < -0.4 is 0 Å². The van der Waals surface area contributed by atoms with Gasteiger partial charge in [-0.3, -0.25) is 4.90 Å². The summed E-state index contributed by atoms with van der Waals surface area (Å²) in [6.45, 7) is 10.8. The molecule has 1 heterocycles. The van der Waals surface area contributed by atoms with Crippen LogP contribution in [0.25, 0.3) is 0 Å². The van der Waals surface area contributed by atoms with Crippen molar-refractivity contribution in [2.45, 2.75) is 78.7 Å². The quantitative estimate of drug-likeness (QED) is 0.563. The summed E-state index contributed by atoms with van der Waals surface area (Å²) in [5.41, 5.74) is 1.98. The molecule has 1 aliphatic heterocycles. The molecule has 0 N–H and O–H groups in total. The third-order valence-corrected chi connectivity index (χ3v) is 4.22. The van der Waals surface area contributed by atoms with E-state index in [1.807, 2.05) is 25.7 Å². The van der Waals surface area contributed by atoms with Crippen molar-refractivity contribution in [1.29, 1.82) is 0 Å². The van der Waals surface area contributed by atoms with Crippen LogP contribution in [0.5, 0.6) is 0 Å². The molecule has 3 nitrogen and oxygen atoms in total. The third-order valence-electron chi connectivity index (χ3n) is 4.22. The molecular formula is C19H32FNO2. The fourth-order valence-corrected chi connectivity index (χ4v) is 2.92. The van der Waals surface area contributed by atoms with Gasteiger partial charge in [0, 0.05) is 12.2 Å². The smallest absolute Gasteiger partial charge is 0.414 e. The van der Waals surface area contributed by atoms with E-state index in [1.165, 1.54) is 11.6 Å². The van der Waals surface area contributed by atoms with E-state index < -0.39 is 5.60 Å². The molecule has 1 unspecified atom stereocenters. The average Bonchev–Trinajstić information content (AvgIpc) is 2.49. The van der Waals surface area contributed by atoms with Gasteiger partial charge < -0.3 is 4.74 Å². The summed E-state index contributed by atoms with van der Waals surface area (Å²) in [4.78, 5) is 14.4. The lowest BCUT2D eigenvalue weighted by Gasteiger charge is -2.35. The molecule has 4 heteroatoms. The molecular weight excluding hydrogens is 293 g/mol. The summed E-state index contributed by atoms with van der Waals surface area (Å²) >= 11 is 0. The van der Waals surface area contributed by atoms with Crippen molar-refractivity contribution in [3.63, 3.8) is 0 Å². The van der Waals surface area contributed by atoms with Crippen molar-refractivity contribution in [2.24, 2.45) is 5.92 Å².